The lowest BCUT2D eigenvalue weighted by molar-refractivity contribution is 0.0444. The minimum Gasteiger partial charge on any atom is -0.451 e. The highest BCUT2D eigenvalue weighted by molar-refractivity contribution is 6.31. The number of rotatable bonds is 6. The number of Topliss-reactive ketones (excluding diaryl/α,β-unsaturated/α-hetero) is 1. The molecular formula is C21H17ClO5. The molecule has 0 saturated carbocycles. The number of ether oxygens (including phenoxy) is 1. The van der Waals surface area contributed by atoms with Gasteiger partial charge in [-0.2, -0.15) is 0 Å². The van der Waals surface area contributed by atoms with Crippen molar-refractivity contribution >= 4 is 34.3 Å². The molecule has 0 aliphatic rings. The van der Waals surface area contributed by atoms with Gasteiger partial charge >= 0.3 is 5.97 Å². The number of hydrogen-bond acceptors (Lipinski definition) is 5. The first-order valence-electron chi connectivity index (χ1n) is 8.50. The Morgan fingerprint density at radius 3 is 2.52 bits per heavy atom. The maximum Gasteiger partial charge on any atom is 0.374 e. The van der Waals surface area contributed by atoms with E-state index in [9.17, 15) is 14.4 Å². The summed E-state index contributed by atoms with van der Waals surface area (Å²) in [7, 11) is 0. The quantitative estimate of drug-likeness (QED) is 0.464. The summed E-state index contributed by atoms with van der Waals surface area (Å²) in [5, 5.41) is 0.656. The minimum absolute atomic E-state index is 0.219. The van der Waals surface area contributed by atoms with Gasteiger partial charge in [-0.1, -0.05) is 49.2 Å². The minimum atomic E-state index is -0.875. The van der Waals surface area contributed by atoms with Crippen molar-refractivity contribution < 1.29 is 18.7 Å². The SMILES string of the molecule is CCCc1ccc(C(=O)COC(=O)c2cc(=O)c3cc(Cl)ccc3o2)cc1. The lowest BCUT2D eigenvalue weighted by Crippen LogP contribution is -2.16. The Morgan fingerprint density at radius 2 is 1.81 bits per heavy atom. The van der Waals surface area contributed by atoms with Crippen molar-refractivity contribution in [1.82, 2.24) is 0 Å². The largest absolute Gasteiger partial charge is 0.451 e. The van der Waals surface area contributed by atoms with Crippen LogP contribution in [-0.2, 0) is 11.2 Å². The van der Waals surface area contributed by atoms with E-state index in [1.165, 1.54) is 12.1 Å². The molecule has 27 heavy (non-hydrogen) atoms. The topological polar surface area (TPSA) is 73.6 Å². The predicted octanol–water partition coefficient (Wildman–Crippen LogP) is 4.44. The zero-order chi connectivity index (χ0) is 19.4. The normalized spacial score (nSPS) is 10.7. The van der Waals surface area contributed by atoms with Crippen LogP contribution < -0.4 is 5.43 Å². The van der Waals surface area contributed by atoms with Crippen LogP contribution in [-0.4, -0.2) is 18.4 Å². The molecule has 0 amide bonds. The standard InChI is InChI=1S/C21H17ClO5/c1-2-3-13-4-6-14(7-5-13)18(24)12-26-21(25)20-11-17(23)16-10-15(22)8-9-19(16)27-20/h4-11H,2-3,12H2,1H3. The van der Waals surface area contributed by atoms with Gasteiger partial charge in [-0.15, -0.1) is 0 Å². The van der Waals surface area contributed by atoms with Crippen LogP contribution in [0.2, 0.25) is 5.02 Å². The molecule has 138 valence electrons. The van der Waals surface area contributed by atoms with Crippen LogP contribution in [0, 0.1) is 0 Å². The molecule has 1 aromatic heterocycles. The molecule has 2 aromatic carbocycles. The van der Waals surface area contributed by atoms with Crippen molar-refractivity contribution in [3.63, 3.8) is 0 Å². The van der Waals surface area contributed by atoms with E-state index in [2.05, 4.69) is 6.92 Å². The molecule has 0 atom stereocenters. The van der Waals surface area contributed by atoms with Crippen molar-refractivity contribution in [1.29, 1.82) is 0 Å². The van der Waals surface area contributed by atoms with Gasteiger partial charge in [0.25, 0.3) is 0 Å². The molecule has 0 N–H and O–H groups in total. The smallest absolute Gasteiger partial charge is 0.374 e. The molecule has 3 aromatic rings. The molecule has 0 fully saturated rings. The Hall–Kier alpha value is -2.92. The second-order valence-electron chi connectivity index (χ2n) is 6.06. The fraction of sp³-hybridized carbons (Fsp3) is 0.190. The van der Waals surface area contributed by atoms with E-state index in [1.54, 1.807) is 18.2 Å². The average molecular weight is 385 g/mol. The summed E-state index contributed by atoms with van der Waals surface area (Å²) < 4.78 is 10.4. The summed E-state index contributed by atoms with van der Waals surface area (Å²) in [5.74, 6) is -1.47. The Bertz CT molecular complexity index is 1050. The number of carbonyl (C=O) groups excluding carboxylic acids is 2. The number of fused-ring (bicyclic) bond motifs is 1. The zero-order valence-electron chi connectivity index (χ0n) is 14.7. The molecule has 0 bridgehead atoms. The first-order valence-corrected chi connectivity index (χ1v) is 8.88. The maximum absolute atomic E-state index is 12.2. The fourth-order valence-electron chi connectivity index (χ4n) is 2.66. The number of halogens is 1. The van der Waals surface area contributed by atoms with Gasteiger partial charge in [0.1, 0.15) is 5.58 Å². The second kappa shape index (κ2) is 8.18. The van der Waals surface area contributed by atoms with E-state index in [0.29, 0.717) is 10.6 Å². The molecule has 6 heteroatoms. The molecular weight excluding hydrogens is 368 g/mol. The Balaban J connectivity index is 1.70. The Morgan fingerprint density at radius 1 is 1.07 bits per heavy atom. The van der Waals surface area contributed by atoms with Gasteiger partial charge in [-0.3, -0.25) is 9.59 Å². The van der Waals surface area contributed by atoms with Gasteiger partial charge in [0.05, 0.1) is 5.39 Å². The predicted molar refractivity (Wildman–Crippen MR) is 103 cm³/mol. The second-order valence-corrected chi connectivity index (χ2v) is 6.50. The number of carbonyl (C=O) groups is 2. The first-order chi connectivity index (χ1) is 13.0. The van der Waals surface area contributed by atoms with Crippen molar-refractivity contribution in [2.45, 2.75) is 19.8 Å². The maximum atomic E-state index is 12.2. The number of ketones is 1. The summed E-state index contributed by atoms with van der Waals surface area (Å²) in [5.41, 5.74) is 1.40. The molecule has 0 spiro atoms. The highest BCUT2D eigenvalue weighted by Gasteiger charge is 2.16. The molecule has 0 radical (unpaired) electrons. The van der Waals surface area contributed by atoms with Crippen LogP contribution in [0.15, 0.2) is 57.7 Å². The van der Waals surface area contributed by atoms with E-state index < -0.39 is 18.0 Å². The van der Waals surface area contributed by atoms with Crippen molar-refractivity contribution in [3.8, 4) is 0 Å². The first kappa shape index (κ1) is 18.9. The highest BCUT2D eigenvalue weighted by Crippen LogP contribution is 2.18. The van der Waals surface area contributed by atoms with Gasteiger partial charge < -0.3 is 9.15 Å². The van der Waals surface area contributed by atoms with E-state index in [0.717, 1.165) is 24.5 Å². The van der Waals surface area contributed by atoms with Crippen LogP contribution in [0.1, 0.15) is 39.8 Å². The van der Waals surface area contributed by atoms with Gasteiger partial charge in [0.2, 0.25) is 5.76 Å². The van der Waals surface area contributed by atoms with E-state index in [-0.39, 0.29) is 22.5 Å². The molecule has 3 rings (SSSR count). The van der Waals surface area contributed by atoms with Crippen LogP contribution in [0.5, 0.6) is 0 Å². The highest BCUT2D eigenvalue weighted by atomic mass is 35.5. The van der Waals surface area contributed by atoms with Crippen molar-refractivity contribution in [3.05, 3.63) is 80.7 Å². The van der Waals surface area contributed by atoms with Crippen molar-refractivity contribution in [2.24, 2.45) is 0 Å². The van der Waals surface area contributed by atoms with E-state index >= 15 is 0 Å². The van der Waals surface area contributed by atoms with Crippen LogP contribution in [0.4, 0.5) is 0 Å². The number of esters is 1. The van der Waals surface area contributed by atoms with Gasteiger partial charge in [-0.05, 0) is 30.2 Å². The molecule has 5 nitrogen and oxygen atoms in total. The Labute approximate surface area is 160 Å². The summed E-state index contributed by atoms with van der Waals surface area (Å²) in [6, 6.07) is 12.7. The van der Waals surface area contributed by atoms with Crippen LogP contribution >= 0.6 is 11.6 Å². The van der Waals surface area contributed by atoms with Crippen LogP contribution in [0.25, 0.3) is 11.0 Å². The van der Waals surface area contributed by atoms with Crippen LogP contribution in [0.3, 0.4) is 0 Å². The summed E-state index contributed by atoms with van der Waals surface area (Å²) in [6.45, 7) is 1.65. The Kier molecular flexibility index (Phi) is 5.72. The van der Waals surface area contributed by atoms with E-state index in [4.69, 9.17) is 20.8 Å². The number of hydrogen-bond donors (Lipinski definition) is 0. The lowest BCUT2D eigenvalue weighted by Gasteiger charge is -2.06. The third kappa shape index (κ3) is 4.44. The average Bonchev–Trinajstić information content (AvgIpc) is 2.67. The number of benzene rings is 2. The molecule has 0 aliphatic carbocycles. The monoisotopic (exact) mass is 384 g/mol. The summed E-state index contributed by atoms with van der Waals surface area (Å²) in [4.78, 5) is 36.4. The van der Waals surface area contributed by atoms with Gasteiger partial charge in [-0.25, -0.2) is 4.79 Å². The van der Waals surface area contributed by atoms with Gasteiger partial charge in [0, 0.05) is 16.7 Å². The summed E-state index contributed by atoms with van der Waals surface area (Å²) >= 11 is 5.85. The van der Waals surface area contributed by atoms with Gasteiger partial charge in [0.15, 0.2) is 17.8 Å². The van der Waals surface area contributed by atoms with E-state index in [1.807, 2.05) is 12.1 Å². The molecule has 0 aliphatic heterocycles. The molecule has 1 heterocycles. The molecule has 0 unspecified atom stereocenters. The fourth-order valence-corrected chi connectivity index (χ4v) is 2.83. The lowest BCUT2D eigenvalue weighted by atomic mass is 10.1. The third-order valence-corrected chi connectivity index (χ3v) is 4.27. The third-order valence-electron chi connectivity index (χ3n) is 4.04. The molecule has 0 saturated heterocycles. The van der Waals surface area contributed by atoms with Crippen molar-refractivity contribution in [2.75, 3.05) is 6.61 Å². The zero-order valence-corrected chi connectivity index (χ0v) is 15.4. The number of aryl methyl sites for hydroxylation is 1. The summed E-state index contributed by atoms with van der Waals surface area (Å²) in [6.07, 6.45) is 1.96.